The molecule has 1 fully saturated rings. The van der Waals surface area contributed by atoms with Crippen molar-refractivity contribution in [3.05, 3.63) is 0 Å². The monoisotopic (exact) mass is 254 g/mol. The van der Waals surface area contributed by atoms with E-state index in [1.54, 1.807) is 0 Å². The number of hydrogen-bond acceptors (Lipinski definition) is 4. The predicted octanol–water partition coefficient (Wildman–Crippen LogP) is 0.0416. The molecule has 1 aliphatic heterocycles. The van der Waals surface area contributed by atoms with Crippen molar-refractivity contribution in [1.82, 2.24) is 4.90 Å². The van der Waals surface area contributed by atoms with Crippen LogP contribution >= 0.6 is 0 Å². The fourth-order valence-corrected chi connectivity index (χ4v) is 1.54. The number of likely N-dealkylation sites (tertiary alicyclic amines) is 1. The molecular weight excluding hydrogens is 241 g/mol. The zero-order valence-electron chi connectivity index (χ0n) is 9.00. The molecule has 0 bridgehead atoms. The number of carbonyl (C=O) groups excluding carboxylic acids is 2. The molecule has 2 N–H and O–H groups in total. The van der Waals surface area contributed by atoms with E-state index in [1.165, 1.54) is 4.90 Å². The Labute approximate surface area is 95.7 Å². The highest BCUT2D eigenvalue weighted by Gasteiger charge is 2.43. The van der Waals surface area contributed by atoms with Crippen LogP contribution in [0.5, 0.6) is 0 Å². The highest BCUT2D eigenvalue weighted by atomic mass is 19.4. The molecule has 0 aliphatic carbocycles. The van der Waals surface area contributed by atoms with Crippen LogP contribution < -0.4 is 5.73 Å². The van der Waals surface area contributed by atoms with Crippen LogP contribution in [0.15, 0.2) is 0 Å². The lowest BCUT2D eigenvalue weighted by Gasteiger charge is -2.22. The van der Waals surface area contributed by atoms with Gasteiger partial charge in [0.25, 0.3) is 5.91 Å². The topological polar surface area (TPSA) is 72.6 Å². The molecule has 0 radical (unpaired) electrons. The average molecular weight is 254 g/mol. The summed E-state index contributed by atoms with van der Waals surface area (Å²) in [6.07, 6.45) is -5.09. The summed E-state index contributed by atoms with van der Waals surface area (Å²) in [7, 11) is 0. The highest BCUT2D eigenvalue weighted by molar-refractivity contribution is 5.85. The van der Waals surface area contributed by atoms with Crippen molar-refractivity contribution in [3.63, 3.8) is 0 Å². The Balaban J connectivity index is 2.59. The first kappa shape index (κ1) is 13.8. The minimum atomic E-state index is -5.11. The lowest BCUT2D eigenvalue weighted by Crippen LogP contribution is -2.45. The van der Waals surface area contributed by atoms with Gasteiger partial charge in [0.2, 0.25) is 0 Å². The smallest absolute Gasteiger partial charge is 0.444 e. The van der Waals surface area contributed by atoms with Crippen LogP contribution in [0.3, 0.4) is 0 Å². The van der Waals surface area contributed by atoms with Crippen LogP contribution in [0.4, 0.5) is 13.2 Å². The Hall–Kier alpha value is -1.31. The number of carbonyl (C=O) groups is 2. The molecule has 0 aromatic rings. The molecule has 0 spiro atoms. The third-order valence-corrected chi connectivity index (χ3v) is 2.39. The average Bonchev–Trinajstić information content (AvgIpc) is 2.76. The summed E-state index contributed by atoms with van der Waals surface area (Å²) in [5, 5.41) is 0. The number of ether oxygens (including phenoxy) is 1. The summed E-state index contributed by atoms with van der Waals surface area (Å²) in [6.45, 7) is 0.453. The second-order valence-electron chi connectivity index (χ2n) is 3.66. The zero-order chi connectivity index (χ0) is 13.1. The van der Waals surface area contributed by atoms with E-state index in [1.807, 2.05) is 0 Å². The summed E-state index contributed by atoms with van der Waals surface area (Å²) in [4.78, 5) is 23.6. The van der Waals surface area contributed by atoms with Gasteiger partial charge in [0.1, 0.15) is 0 Å². The second kappa shape index (κ2) is 5.35. The quantitative estimate of drug-likeness (QED) is 0.722. The number of alkyl halides is 3. The zero-order valence-corrected chi connectivity index (χ0v) is 9.00. The molecule has 0 saturated carbocycles. The lowest BCUT2D eigenvalue weighted by molar-refractivity contribution is -0.205. The van der Waals surface area contributed by atoms with E-state index in [0.29, 0.717) is 13.1 Å². The normalized spacial score (nSPS) is 18.0. The first-order valence-electron chi connectivity index (χ1n) is 5.13. The molecule has 5 nitrogen and oxygen atoms in total. The van der Waals surface area contributed by atoms with E-state index in [0.717, 1.165) is 12.8 Å². The molecule has 1 rings (SSSR count). The maximum atomic E-state index is 11.9. The van der Waals surface area contributed by atoms with Crippen LogP contribution in [0, 0.1) is 0 Å². The van der Waals surface area contributed by atoms with Crippen LogP contribution in [0.2, 0.25) is 0 Å². The first-order chi connectivity index (χ1) is 7.86. The van der Waals surface area contributed by atoms with Crippen molar-refractivity contribution in [2.45, 2.75) is 25.1 Å². The summed E-state index contributed by atoms with van der Waals surface area (Å²) < 4.78 is 39.9. The third kappa shape index (κ3) is 3.58. The third-order valence-electron chi connectivity index (χ3n) is 2.39. The van der Waals surface area contributed by atoms with Gasteiger partial charge in [0.15, 0.2) is 6.10 Å². The fraction of sp³-hybridized carbons (Fsp3) is 0.778. The molecule has 98 valence electrons. The van der Waals surface area contributed by atoms with E-state index in [2.05, 4.69) is 4.74 Å². The highest BCUT2D eigenvalue weighted by Crippen LogP contribution is 2.18. The number of amides is 1. The van der Waals surface area contributed by atoms with Crippen molar-refractivity contribution < 1.29 is 27.5 Å². The van der Waals surface area contributed by atoms with E-state index in [9.17, 15) is 22.8 Å². The number of nitrogens with zero attached hydrogens (tertiary/aromatic N) is 1. The van der Waals surface area contributed by atoms with Crippen LogP contribution in [-0.2, 0) is 14.3 Å². The summed E-state index contributed by atoms with van der Waals surface area (Å²) >= 11 is 0. The maximum Gasteiger partial charge on any atom is 0.490 e. The van der Waals surface area contributed by atoms with Crippen molar-refractivity contribution in [2.24, 2.45) is 5.73 Å². The fourth-order valence-electron chi connectivity index (χ4n) is 1.54. The molecule has 1 heterocycles. The molecule has 17 heavy (non-hydrogen) atoms. The van der Waals surface area contributed by atoms with Crippen molar-refractivity contribution in [1.29, 1.82) is 0 Å². The Morgan fingerprint density at radius 2 is 1.82 bits per heavy atom. The lowest BCUT2D eigenvalue weighted by atomic mass is 10.3. The molecule has 1 atom stereocenters. The van der Waals surface area contributed by atoms with Gasteiger partial charge >= 0.3 is 12.1 Å². The van der Waals surface area contributed by atoms with Gasteiger partial charge < -0.3 is 15.4 Å². The summed E-state index contributed by atoms with van der Waals surface area (Å²) in [5.74, 6) is -3.05. The van der Waals surface area contributed by atoms with Gasteiger partial charge in [-0.2, -0.15) is 13.2 Å². The van der Waals surface area contributed by atoms with E-state index < -0.39 is 30.7 Å². The Bertz CT molecular complexity index is 300. The van der Waals surface area contributed by atoms with Crippen LogP contribution in [0.1, 0.15) is 12.8 Å². The molecule has 1 aliphatic rings. The van der Waals surface area contributed by atoms with Crippen LogP contribution in [0.25, 0.3) is 0 Å². The van der Waals surface area contributed by atoms with E-state index in [4.69, 9.17) is 5.73 Å². The minimum Gasteiger partial charge on any atom is -0.444 e. The second-order valence-corrected chi connectivity index (χ2v) is 3.66. The number of rotatable bonds is 3. The van der Waals surface area contributed by atoms with Gasteiger partial charge in [0.05, 0.1) is 0 Å². The van der Waals surface area contributed by atoms with E-state index >= 15 is 0 Å². The van der Waals surface area contributed by atoms with Gasteiger partial charge in [0, 0.05) is 19.6 Å². The van der Waals surface area contributed by atoms with Crippen molar-refractivity contribution >= 4 is 11.9 Å². The molecule has 0 aromatic heterocycles. The largest absolute Gasteiger partial charge is 0.490 e. The Morgan fingerprint density at radius 1 is 1.29 bits per heavy atom. The number of esters is 1. The van der Waals surface area contributed by atoms with E-state index in [-0.39, 0.29) is 0 Å². The molecule has 1 unspecified atom stereocenters. The van der Waals surface area contributed by atoms with Gasteiger partial charge in [-0.05, 0) is 12.8 Å². The molecule has 1 saturated heterocycles. The predicted molar refractivity (Wildman–Crippen MR) is 50.8 cm³/mol. The number of hydrogen-bond donors (Lipinski definition) is 1. The van der Waals surface area contributed by atoms with Gasteiger partial charge in [-0.25, -0.2) is 4.79 Å². The summed E-state index contributed by atoms with van der Waals surface area (Å²) in [5.41, 5.74) is 5.14. The first-order valence-corrected chi connectivity index (χ1v) is 5.13. The number of nitrogens with two attached hydrogens (primary N) is 1. The molecule has 1 amide bonds. The molecule has 0 aromatic carbocycles. The van der Waals surface area contributed by atoms with Crippen molar-refractivity contribution in [3.8, 4) is 0 Å². The van der Waals surface area contributed by atoms with Crippen LogP contribution in [-0.4, -0.2) is 48.7 Å². The summed E-state index contributed by atoms with van der Waals surface area (Å²) in [6, 6.07) is 0. The maximum absolute atomic E-state index is 11.9. The Morgan fingerprint density at radius 3 is 2.24 bits per heavy atom. The SMILES string of the molecule is NCC(OC(=O)C(F)(F)F)C(=O)N1CCCC1. The van der Waals surface area contributed by atoms with Crippen molar-refractivity contribution in [2.75, 3.05) is 19.6 Å². The molecule has 8 heteroatoms. The van der Waals surface area contributed by atoms with Gasteiger partial charge in [-0.3, -0.25) is 4.79 Å². The molecular formula is C9H13F3N2O3. The number of halogens is 3. The standard InChI is InChI=1S/C9H13F3N2O3/c10-9(11,12)8(16)17-6(5-13)7(15)14-3-1-2-4-14/h6H,1-5,13H2. The van der Waals surface area contributed by atoms with Gasteiger partial charge in [-0.15, -0.1) is 0 Å². The minimum absolute atomic E-state index is 0.457. The Kier molecular flexibility index (Phi) is 4.33. The van der Waals surface area contributed by atoms with Gasteiger partial charge in [-0.1, -0.05) is 0 Å².